The maximum Gasteiger partial charge on any atom is 0.272 e. The summed E-state index contributed by atoms with van der Waals surface area (Å²) in [6.45, 7) is 1.05. The van der Waals surface area contributed by atoms with E-state index in [-0.39, 0.29) is 5.91 Å². The van der Waals surface area contributed by atoms with E-state index in [2.05, 4.69) is 5.32 Å². The Kier molecular flexibility index (Phi) is 6.26. The molecule has 2 aromatic rings. The normalized spacial score (nSPS) is 12.0. The second kappa shape index (κ2) is 8.40. The van der Waals surface area contributed by atoms with Crippen LogP contribution in [0.3, 0.4) is 0 Å². The van der Waals surface area contributed by atoms with Gasteiger partial charge in [0.25, 0.3) is 6.43 Å². The standard InChI is InChI=1S/C18H20F2N2O2/c1-12-7-8-14(10-16(12)24-11-17(19)20)22-18(23)15(21)9-13-5-3-2-4-6-13/h2-8,10,15,17H,9,11,21H2,1H3,(H,22,23)/t15-/m0/s1. The van der Waals surface area contributed by atoms with Crippen LogP contribution in [0.5, 0.6) is 5.75 Å². The number of nitrogens with two attached hydrogens (primary N) is 1. The summed E-state index contributed by atoms with van der Waals surface area (Å²) in [6, 6.07) is 13.6. The fourth-order valence-electron chi connectivity index (χ4n) is 2.18. The average molecular weight is 334 g/mol. The number of aryl methyl sites for hydroxylation is 1. The monoisotopic (exact) mass is 334 g/mol. The van der Waals surface area contributed by atoms with E-state index in [1.54, 1.807) is 19.1 Å². The molecule has 0 bridgehead atoms. The molecule has 0 aromatic heterocycles. The molecule has 2 aromatic carbocycles. The Morgan fingerprint density at radius 2 is 1.92 bits per heavy atom. The zero-order chi connectivity index (χ0) is 17.5. The number of hydrogen-bond acceptors (Lipinski definition) is 3. The van der Waals surface area contributed by atoms with E-state index in [9.17, 15) is 13.6 Å². The molecule has 0 spiro atoms. The number of hydrogen-bond donors (Lipinski definition) is 2. The van der Waals surface area contributed by atoms with Crippen molar-refractivity contribution >= 4 is 11.6 Å². The van der Waals surface area contributed by atoms with E-state index in [0.29, 0.717) is 23.4 Å². The summed E-state index contributed by atoms with van der Waals surface area (Å²) in [4.78, 5) is 12.2. The SMILES string of the molecule is Cc1ccc(NC(=O)[C@@H](N)Cc2ccccc2)cc1OCC(F)F. The van der Waals surface area contributed by atoms with Gasteiger partial charge in [0, 0.05) is 11.8 Å². The number of benzene rings is 2. The molecule has 0 heterocycles. The van der Waals surface area contributed by atoms with Gasteiger partial charge in [-0.1, -0.05) is 36.4 Å². The first-order chi connectivity index (χ1) is 11.5. The van der Waals surface area contributed by atoms with E-state index in [4.69, 9.17) is 10.5 Å². The van der Waals surface area contributed by atoms with Crippen molar-refractivity contribution in [2.24, 2.45) is 5.73 Å². The van der Waals surface area contributed by atoms with Gasteiger partial charge in [-0.25, -0.2) is 8.78 Å². The van der Waals surface area contributed by atoms with Crippen molar-refractivity contribution in [1.29, 1.82) is 0 Å². The second-order valence-corrected chi connectivity index (χ2v) is 5.47. The minimum atomic E-state index is -2.55. The zero-order valence-corrected chi connectivity index (χ0v) is 13.3. The Hall–Kier alpha value is -2.47. The summed E-state index contributed by atoms with van der Waals surface area (Å²) in [5.41, 5.74) is 8.05. The lowest BCUT2D eigenvalue weighted by Crippen LogP contribution is -2.37. The topological polar surface area (TPSA) is 64.4 Å². The lowest BCUT2D eigenvalue weighted by atomic mass is 10.1. The van der Waals surface area contributed by atoms with Gasteiger partial charge in [0.2, 0.25) is 5.91 Å². The molecule has 0 aliphatic rings. The molecule has 0 saturated heterocycles. The van der Waals surface area contributed by atoms with Crippen LogP contribution < -0.4 is 15.8 Å². The third-order valence-electron chi connectivity index (χ3n) is 3.46. The first-order valence-electron chi connectivity index (χ1n) is 7.57. The smallest absolute Gasteiger partial charge is 0.272 e. The molecule has 0 saturated carbocycles. The van der Waals surface area contributed by atoms with Crippen molar-refractivity contribution in [2.75, 3.05) is 11.9 Å². The molecule has 2 rings (SSSR count). The molecule has 1 amide bonds. The number of carbonyl (C=O) groups excluding carboxylic acids is 1. The second-order valence-electron chi connectivity index (χ2n) is 5.47. The van der Waals surface area contributed by atoms with Crippen molar-refractivity contribution in [3.63, 3.8) is 0 Å². The van der Waals surface area contributed by atoms with Gasteiger partial charge < -0.3 is 15.8 Å². The number of halogens is 2. The van der Waals surface area contributed by atoms with Gasteiger partial charge in [-0.2, -0.15) is 0 Å². The minimum Gasteiger partial charge on any atom is -0.487 e. The van der Waals surface area contributed by atoms with Gasteiger partial charge in [-0.3, -0.25) is 4.79 Å². The zero-order valence-electron chi connectivity index (χ0n) is 13.3. The third-order valence-corrected chi connectivity index (χ3v) is 3.46. The fraction of sp³-hybridized carbons (Fsp3) is 0.278. The molecular weight excluding hydrogens is 314 g/mol. The van der Waals surface area contributed by atoms with Crippen LogP contribution in [-0.2, 0) is 11.2 Å². The molecular formula is C18H20F2N2O2. The van der Waals surface area contributed by atoms with E-state index in [0.717, 1.165) is 5.56 Å². The number of nitrogens with one attached hydrogen (secondary N) is 1. The lowest BCUT2D eigenvalue weighted by molar-refractivity contribution is -0.117. The number of amides is 1. The number of anilines is 1. The van der Waals surface area contributed by atoms with Crippen LogP contribution >= 0.6 is 0 Å². The molecule has 24 heavy (non-hydrogen) atoms. The molecule has 128 valence electrons. The van der Waals surface area contributed by atoms with Crippen LogP contribution in [0.2, 0.25) is 0 Å². The predicted octanol–water partition coefficient (Wildman–Crippen LogP) is 3.15. The molecule has 3 N–H and O–H groups in total. The summed E-state index contributed by atoms with van der Waals surface area (Å²) in [5.74, 6) is -0.0350. The highest BCUT2D eigenvalue weighted by molar-refractivity contribution is 5.95. The van der Waals surface area contributed by atoms with Crippen LogP contribution in [-0.4, -0.2) is 25.0 Å². The maximum atomic E-state index is 12.3. The predicted molar refractivity (Wildman–Crippen MR) is 89.4 cm³/mol. The minimum absolute atomic E-state index is 0.310. The maximum absolute atomic E-state index is 12.3. The van der Waals surface area contributed by atoms with Gasteiger partial charge in [0.1, 0.15) is 12.4 Å². The van der Waals surface area contributed by atoms with Gasteiger partial charge in [0.15, 0.2) is 0 Å². The van der Waals surface area contributed by atoms with Crippen molar-refractivity contribution < 1.29 is 18.3 Å². The van der Waals surface area contributed by atoms with Crippen LogP contribution in [0.15, 0.2) is 48.5 Å². The molecule has 6 heteroatoms. The Bertz CT molecular complexity index is 678. The van der Waals surface area contributed by atoms with E-state index < -0.39 is 19.1 Å². The fourth-order valence-corrected chi connectivity index (χ4v) is 2.18. The number of alkyl halides is 2. The Morgan fingerprint density at radius 1 is 1.21 bits per heavy atom. The molecule has 0 radical (unpaired) electrons. The van der Waals surface area contributed by atoms with Gasteiger partial charge >= 0.3 is 0 Å². The van der Waals surface area contributed by atoms with Gasteiger partial charge in [-0.05, 0) is 30.5 Å². The first kappa shape index (κ1) is 17.9. The molecule has 1 atom stereocenters. The van der Waals surface area contributed by atoms with Gasteiger partial charge in [-0.15, -0.1) is 0 Å². The van der Waals surface area contributed by atoms with E-state index in [1.807, 2.05) is 30.3 Å². The third kappa shape index (κ3) is 5.31. The molecule has 0 unspecified atom stereocenters. The van der Waals surface area contributed by atoms with Gasteiger partial charge in [0.05, 0.1) is 6.04 Å². The quantitative estimate of drug-likeness (QED) is 0.817. The van der Waals surface area contributed by atoms with Crippen molar-refractivity contribution in [2.45, 2.75) is 25.8 Å². The van der Waals surface area contributed by atoms with Crippen LogP contribution in [0.25, 0.3) is 0 Å². The average Bonchev–Trinajstić information content (AvgIpc) is 2.56. The Morgan fingerprint density at radius 3 is 2.58 bits per heavy atom. The highest BCUT2D eigenvalue weighted by Crippen LogP contribution is 2.23. The number of ether oxygens (including phenoxy) is 1. The largest absolute Gasteiger partial charge is 0.487 e. The van der Waals surface area contributed by atoms with E-state index in [1.165, 1.54) is 6.07 Å². The van der Waals surface area contributed by atoms with E-state index >= 15 is 0 Å². The lowest BCUT2D eigenvalue weighted by Gasteiger charge is -2.14. The summed E-state index contributed by atoms with van der Waals surface area (Å²) in [6.07, 6.45) is -2.14. The number of carbonyl (C=O) groups is 1. The summed E-state index contributed by atoms with van der Waals surface area (Å²) in [7, 11) is 0. The highest BCUT2D eigenvalue weighted by Gasteiger charge is 2.15. The van der Waals surface area contributed by atoms with Crippen molar-refractivity contribution in [3.8, 4) is 5.75 Å². The summed E-state index contributed by atoms with van der Waals surface area (Å²) < 4.78 is 29.6. The van der Waals surface area contributed by atoms with Crippen LogP contribution in [0.1, 0.15) is 11.1 Å². The molecule has 0 aliphatic heterocycles. The van der Waals surface area contributed by atoms with Crippen LogP contribution in [0, 0.1) is 6.92 Å². The summed E-state index contributed by atoms with van der Waals surface area (Å²) in [5, 5.41) is 2.69. The van der Waals surface area contributed by atoms with Crippen LogP contribution in [0.4, 0.5) is 14.5 Å². The molecule has 4 nitrogen and oxygen atoms in total. The number of rotatable bonds is 7. The highest BCUT2D eigenvalue weighted by atomic mass is 19.3. The molecule has 0 fully saturated rings. The first-order valence-corrected chi connectivity index (χ1v) is 7.57. The Balaban J connectivity index is 1.99. The summed E-state index contributed by atoms with van der Waals surface area (Å²) >= 11 is 0. The van der Waals surface area contributed by atoms with Crippen molar-refractivity contribution in [3.05, 3.63) is 59.7 Å². The molecule has 0 aliphatic carbocycles. The Labute approximate surface area is 139 Å². The van der Waals surface area contributed by atoms with Crippen molar-refractivity contribution in [1.82, 2.24) is 0 Å².